The lowest BCUT2D eigenvalue weighted by Gasteiger charge is -2.17. The quantitative estimate of drug-likeness (QED) is 0.180. The number of azo groups is 1. The van der Waals surface area contributed by atoms with Gasteiger partial charge in [0.25, 0.3) is 0 Å². The first kappa shape index (κ1) is 30.0. The van der Waals surface area contributed by atoms with E-state index in [1.54, 1.807) is 12.1 Å². The number of fused-ring (bicyclic) bond motifs is 2. The van der Waals surface area contributed by atoms with Crippen LogP contribution in [0.5, 0.6) is 5.75 Å². The van der Waals surface area contributed by atoms with E-state index in [0.29, 0.717) is 11.8 Å². The normalized spacial score (nSPS) is 12.7. The lowest BCUT2D eigenvalue weighted by molar-refractivity contribution is 0.457. The summed E-state index contributed by atoms with van der Waals surface area (Å²) in [5, 5.41) is 21.3. The molecule has 5 rings (SSSR count). The SMILES string of the molecule is Cc1ccc(Nc2ccc(N=Nc3cc(S(=O)(=O)[O-])cc4cc(S(=O)(=O)[O-])cc(O)c34)c3cccc(S(=O)(=O)[O-])c23)cc1. The molecule has 16 heteroatoms. The van der Waals surface area contributed by atoms with Crippen molar-refractivity contribution in [3.63, 3.8) is 0 Å². The van der Waals surface area contributed by atoms with Gasteiger partial charge in [0.1, 0.15) is 36.1 Å². The molecule has 0 aromatic heterocycles. The average molecular weight is 641 g/mol. The van der Waals surface area contributed by atoms with Crippen molar-refractivity contribution in [1.82, 2.24) is 0 Å². The van der Waals surface area contributed by atoms with E-state index in [1.165, 1.54) is 24.3 Å². The van der Waals surface area contributed by atoms with E-state index in [2.05, 4.69) is 15.5 Å². The topological polar surface area (TPSA) is 229 Å². The van der Waals surface area contributed by atoms with Crippen LogP contribution >= 0.6 is 0 Å². The molecule has 5 aromatic rings. The number of nitrogens with zero attached hydrogens (tertiary/aromatic N) is 2. The molecular weight excluding hydrogens is 623 g/mol. The van der Waals surface area contributed by atoms with Gasteiger partial charge in [-0.05, 0) is 66.9 Å². The molecular formula is C27H18N3O10S3-3. The molecule has 0 aliphatic heterocycles. The fourth-order valence-electron chi connectivity index (χ4n) is 4.44. The molecule has 0 atom stereocenters. The molecule has 5 aromatic carbocycles. The maximum atomic E-state index is 12.2. The van der Waals surface area contributed by atoms with Crippen molar-refractivity contribution in [2.75, 3.05) is 5.32 Å². The van der Waals surface area contributed by atoms with Crippen LogP contribution in [0, 0.1) is 6.92 Å². The van der Waals surface area contributed by atoms with Crippen LogP contribution in [0.1, 0.15) is 5.56 Å². The maximum absolute atomic E-state index is 12.2. The van der Waals surface area contributed by atoms with Crippen molar-refractivity contribution in [1.29, 1.82) is 0 Å². The Morgan fingerprint density at radius 1 is 0.674 bits per heavy atom. The largest absolute Gasteiger partial charge is 0.744 e. The summed E-state index contributed by atoms with van der Waals surface area (Å²) in [7, 11) is -15.2. The molecule has 43 heavy (non-hydrogen) atoms. The highest BCUT2D eigenvalue weighted by Crippen LogP contribution is 2.41. The van der Waals surface area contributed by atoms with Gasteiger partial charge in [0.05, 0.1) is 31.4 Å². The number of anilines is 2. The summed E-state index contributed by atoms with van der Waals surface area (Å²) in [6.07, 6.45) is 0. The van der Waals surface area contributed by atoms with Crippen molar-refractivity contribution in [2.24, 2.45) is 10.2 Å². The number of hydrogen-bond acceptors (Lipinski definition) is 13. The van der Waals surface area contributed by atoms with Crippen LogP contribution in [0.15, 0.2) is 104 Å². The van der Waals surface area contributed by atoms with E-state index in [9.17, 15) is 44.0 Å². The average Bonchev–Trinajstić information content (AvgIpc) is 2.91. The molecule has 0 radical (unpaired) electrons. The van der Waals surface area contributed by atoms with Crippen molar-refractivity contribution < 1.29 is 44.0 Å². The van der Waals surface area contributed by atoms with Gasteiger partial charge in [-0.15, -0.1) is 10.2 Å². The van der Waals surface area contributed by atoms with Crippen LogP contribution in [0.4, 0.5) is 22.7 Å². The fraction of sp³-hybridized carbons (Fsp3) is 0.0370. The first-order valence-corrected chi connectivity index (χ1v) is 16.2. The number of hydrogen-bond donors (Lipinski definition) is 2. The zero-order valence-corrected chi connectivity index (χ0v) is 24.2. The van der Waals surface area contributed by atoms with E-state index in [4.69, 9.17) is 0 Å². The third-order valence-electron chi connectivity index (χ3n) is 6.38. The van der Waals surface area contributed by atoms with Crippen molar-refractivity contribution in [2.45, 2.75) is 21.6 Å². The molecule has 0 aliphatic rings. The zero-order chi connectivity index (χ0) is 31.3. The van der Waals surface area contributed by atoms with Crippen LogP contribution in [0.25, 0.3) is 21.5 Å². The van der Waals surface area contributed by atoms with Gasteiger partial charge in [0, 0.05) is 22.1 Å². The standard InChI is InChI=1S/C27H21N3O10S3/c1-15-5-7-17(8-6-15)28-22-10-9-21(20-3-2-4-25(27(20)22)43(38,39)40)29-30-23-13-18(41(32,33)34)11-16-12-19(42(35,36)37)14-24(31)26(16)23/h2-14,28,31H,1H3,(H,32,33,34)(H,35,36,37)(H,38,39,40)/p-3. The van der Waals surface area contributed by atoms with E-state index >= 15 is 0 Å². The molecule has 13 nitrogen and oxygen atoms in total. The maximum Gasteiger partial charge on any atom is 0.126 e. The Morgan fingerprint density at radius 2 is 1.28 bits per heavy atom. The van der Waals surface area contributed by atoms with E-state index in [1.807, 2.05) is 19.1 Å². The molecule has 0 saturated heterocycles. The lowest BCUT2D eigenvalue weighted by Crippen LogP contribution is -2.02. The number of rotatable bonds is 7. The highest BCUT2D eigenvalue weighted by molar-refractivity contribution is 7.86. The van der Waals surface area contributed by atoms with Crippen molar-refractivity contribution >= 4 is 74.6 Å². The number of phenols is 1. The highest BCUT2D eigenvalue weighted by atomic mass is 32.2. The second-order valence-electron chi connectivity index (χ2n) is 9.35. The minimum absolute atomic E-state index is 0.0107. The number of nitrogens with one attached hydrogen (secondary N) is 1. The van der Waals surface area contributed by atoms with Gasteiger partial charge < -0.3 is 24.1 Å². The molecule has 0 aliphatic carbocycles. The summed E-state index contributed by atoms with van der Waals surface area (Å²) in [5.41, 5.74) is 1.45. The van der Waals surface area contributed by atoms with Gasteiger partial charge in [-0.25, -0.2) is 25.3 Å². The third-order valence-corrected chi connectivity index (χ3v) is 8.88. The predicted molar refractivity (Wildman–Crippen MR) is 152 cm³/mol. The fourth-order valence-corrected chi connectivity index (χ4v) is 6.21. The Balaban J connectivity index is 1.73. The molecule has 0 saturated carbocycles. The van der Waals surface area contributed by atoms with Crippen LogP contribution in [0.2, 0.25) is 0 Å². The van der Waals surface area contributed by atoms with Gasteiger partial charge in [0.15, 0.2) is 0 Å². The number of benzene rings is 5. The molecule has 0 fully saturated rings. The van der Waals surface area contributed by atoms with Crippen LogP contribution < -0.4 is 5.32 Å². The van der Waals surface area contributed by atoms with Gasteiger partial charge in [-0.3, -0.25) is 0 Å². The van der Waals surface area contributed by atoms with Gasteiger partial charge in [0.2, 0.25) is 0 Å². The van der Waals surface area contributed by atoms with Gasteiger partial charge in [-0.2, -0.15) is 0 Å². The summed E-state index contributed by atoms with van der Waals surface area (Å²) in [4.78, 5) is -2.28. The Bertz CT molecular complexity index is 2300. The molecule has 0 amide bonds. The molecule has 0 unspecified atom stereocenters. The molecule has 0 bridgehead atoms. The number of aromatic hydroxyl groups is 1. The summed E-state index contributed by atoms with van der Waals surface area (Å²) in [6.45, 7) is 1.89. The Hall–Kier alpha value is -4.45. The summed E-state index contributed by atoms with van der Waals surface area (Å²) in [6, 6.07) is 16.9. The second-order valence-corrected chi connectivity index (χ2v) is 13.5. The summed E-state index contributed by atoms with van der Waals surface area (Å²) in [5.74, 6) is -0.766. The van der Waals surface area contributed by atoms with Crippen molar-refractivity contribution in [3.8, 4) is 5.75 Å². The van der Waals surface area contributed by atoms with Gasteiger partial charge in [-0.1, -0.05) is 29.8 Å². The number of phenolic OH excluding ortho intramolecular Hbond substituents is 1. The van der Waals surface area contributed by atoms with Crippen LogP contribution in [-0.2, 0) is 30.4 Å². The highest BCUT2D eigenvalue weighted by Gasteiger charge is 2.17. The predicted octanol–water partition coefficient (Wildman–Crippen LogP) is 4.88. The Labute approximate surface area is 245 Å². The molecule has 222 valence electrons. The van der Waals surface area contributed by atoms with Crippen LogP contribution in [-0.4, -0.2) is 44.0 Å². The van der Waals surface area contributed by atoms with Crippen LogP contribution in [0.3, 0.4) is 0 Å². The Kier molecular flexibility index (Phi) is 7.45. The minimum Gasteiger partial charge on any atom is -0.744 e. The third kappa shape index (κ3) is 6.19. The number of aryl methyl sites for hydroxylation is 1. The summed E-state index contributed by atoms with van der Waals surface area (Å²) < 4.78 is 107. The Morgan fingerprint density at radius 3 is 1.88 bits per heavy atom. The van der Waals surface area contributed by atoms with E-state index in [0.717, 1.165) is 29.8 Å². The van der Waals surface area contributed by atoms with Gasteiger partial charge >= 0.3 is 0 Å². The second kappa shape index (κ2) is 10.7. The molecule has 0 heterocycles. The van der Waals surface area contributed by atoms with E-state index in [-0.39, 0.29) is 38.6 Å². The lowest BCUT2D eigenvalue weighted by atomic mass is 10.1. The molecule has 0 spiro atoms. The summed E-state index contributed by atoms with van der Waals surface area (Å²) >= 11 is 0. The van der Waals surface area contributed by atoms with E-state index < -0.39 is 50.8 Å². The molecule has 2 N–H and O–H groups in total. The van der Waals surface area contributed by atoms with Crippen molar-refractivity contribution in [3.05, 3.63) is 84.4 Å². The smallest absolute Gasteiger partial charge is 0.126 e. The monoisotopic (exact) mass is 640 g/mol. The zero-order valence-electron chi connectivity index (χ0n) is 21.7. The minimum atomic E-state index is -5.13. The first-order chi connectivity index (χ1) is 20.0. The first-order valence-electron chi connectivity index (χ1n) is 12.0.